The molecule has 19 heavy (non-hydrogen) atoms. The van der Waals surface area contributed by atoms with Gasteiger partial charge in [-0.1, -0.05) is 24.6 Å². The second kappa shape index (κ2) is 5.78. The van der Waals surface area contributed by atoms with Gasteiger partial charge in [-0.05, 0) is 38.3 Å². The summed E-state index contributed by atoms with van der Waals surface area (Å²) in [7, 11) is 0. The zero-order chi connectivity index (χ0) is 14.7. The molecule has 1 unspecified atom stereocenters. The van der Waals surface area contributed by atoms with Gasteiger partial charge in [0.05, 0.1) is 5.92 Å². The summed E-state index contributed by atoms with van der Waals surface area (Å²) >= 11 is 0. The van der Waals surface area contributed by atoms with Gasteiger partial charge in [0, 0.05) is 5.56 Å². The fourth-order valence-corrected chi connectivity index (χ4v) is 2.38. The normalized spacial score (nSPS) is 12.0. The number of aryl methyl sites for hydroxylation is 3. The summed E-state index contributed by atoms with van der Waals surface area (Å²) in [6.07, 6.45) is 0.151. The van der Waals surface area contributed by atoms with Crippen molar-refractivity contribution in [1.29, 1.82) is 0 Å². The number of rotatable bonds is 5. The first-order chi connectivity index (χ1) is 8.79. The molecule has 0 aliphatic rings. The number of ketones is 2. The van der Waals surface area contributed by atoms with Crippen LogP contribution in [0.15, 0.2) is 12.1 Å². The maximum atomic E-state index is 12.4. The summed E-state index contributed by atoms with van der Waals surface area (Å²) in [5.41, 5.74) is 2.97. The van der Waals surface area contributed by atoms with Gasteiger partial charge < -0.3 is 9.90 Å². The third-order valence-electron chi connectivity index (χ3n) is 3.17. The fourth-order valence-electron chi connectivity index (χ4n) is 2.38. The topological polar surface area (TPSA) is 74.3 Å². The minimum absolute atomic E-state index is 0.151. The molecular weight excluding hydrogens is 244 g/mol. The molecule has 1 rings (SSSR count). The van der Waals surface area contributed by atoms with Crippen molar-refractivity contribution in [2.45, 2.75) is 34.1 Å². The average Bonchev–Trinajstić information content (AvgIpc) is 2.28. The lowest BCUT2D eigenvalue weighted by Gasteiger charge is -2.17. The molecule has 1 atom stereocenters. The Bertz CT molecular complexity index is 520. The maximum Gasteiger partial charge on any atom is 0.189 e. The van der Waals surface area contributed by atoms with Gasteiger partial charge >= 0.3 is 0 Å². The molecule has 0 saturated carbocycles. The molecule has 0 bridgehead atoms. The Kier molecular flexibility index (Phi) is 4.59. The van der Waals surface area contributed by atoms with Crippen LogP contribution < -0.4 is 5.11 Å². The monoisotopic (exact) mass is 261 g/mol. The SMILES string of the molecule is CCC(C(=O)C(=O)[O-])C(=O)c1c(C)cc(C)cc1C. The van der Waals surface area contributed by atoms with Crippen LogP contribution in [-0.2, 0) is 9.59 Å². The van der Waals surface area contributed by atoms with E-state index in [1.54, 1.807) is 20.8 Å². The van der Waals surface area contributed by atoms with Crippen LogP contribution in [0.25, 0.3) is 0 Å². The van der Waals surface area contributed by atoms with Gasteiger partial charge in [0.2, 0.25) is 0 Å². The number of hydrogen-bond donors (Lipinski definition) is 0. The third-order valence-corrected chi connectivity index (χ3v) is 3.17. The molecule has 102 valence electrons. The molecule has 0 saturated heterocycles. The molecule has 0 spiro atoms. The largest absolute Gasteiger partial charge is 0.542 e. The Labute approximate surface area is 112 Å². The van der Waals surface area contributed by atoms with Crippen LogP contribution in [0.1, 0.15) is 40.4 Å². The number of Topliss-reactive ketones (excluding diaryl/α,β-unsaturated/α-hetero) is 2. The maximum absolute atomic E-state index is 12.4. The second-order valence-corrected chi connectivity index (χ2v) is 4.75. The van der Waals surface area contributed by atoms with Crippen LogP contribution in [0.4, 0.5) is 0 Å². The van der Waals surface area contributed by atoms with Gasteiger partial charge in [0.25, 0.3) is 0 Å². The number of benzene rings is 1. The number of carbonyl (C=O) groups excluding carboxylic acids is 3. The van der Waals surface area contributed by atoms with Crippen molar-refractivity contribution >= 4 is 17.5 Å². The number of aliphatic carboxylic acids is 1. The average molecular weight is 261 g/mol. The van der Waals surface area contributed by atoms with Crippen molar-refractivity contribution in [3.63, 3.8) is 0 Å². The van der Waals surface area contributed by atoms with Crippen LogP contribution in [-0.4, -0.2) is 17.5 Å². The minimum atomic E-state index is -1.80. The predicted molar refractivity (Wildman–Crippen MR) is 68.8 cm³/mol. The van der Waals surface area contributed by atoms with Gasteiger partial charge in [-0.3, -0.25) is 9.59 Å². The highest BCUT2D eigenvalue weighted by Gasteiger charge is 2.28. The van der Waals surface area contributed by atoms with Gasteiger partial charge in [0.15, 0.2) is 11.6 Å². The number of carboxylic acids is 1. The molecule has 4 heteroatoms. The summed E-state index contributed by atoms with van der Waals surface area (Å²) in [6, 6.07) is 3.69. The smallest absolute Gasteiger partial charge is 0.189 e. The summed E-state index contributed by atoms with van der Waals surface area (Å²) < 4.78 is 0. The predicted octanol–water partition coefficient (Wildman–Crippen LogP) is 1.14. The quantitative estimate of drug-likeness (QED) is 0.452. The number of carboxylic acid groups (broad SMARTS) is 1. The van der Waals surface area contributed by atoms with E-state index >= 15 is 0 Å². The molecule has 0 radical (unpaired) electrons. The molecule has 0 aliphatic heterocycles. The molecule has 0 aliphatic carbocycles. The van der Waals surface area contributed by atoms with E-state index in [4.69, 9.17) is 0 Å². The van der Waals surface area contributed by atoms with Crippen molar-refractivity contribution in [2.75, 3.05) is 0 Å². The summed E-state index contributed by atoms with van der Waals surface area (Å²) in [5.74, 6) is -4.55. The lowest BCUT2D eigenvalue weighted by atomic mass is 9.86. The van der Waals surface area contributed by atoms with E-state index in [0.29, 0.717) is 5.56 Å². The Balaban J connectivity index is 3.26. The van der Waals surface area contributed by atoms with E-state index < -0.39 is 23.5 Å². The molecular formula is C15H17O4-. The van der Waals surface area contributed by atoms with Crippen molar-refractivity contribution in [3.8, 4) is 0 Å². The van der Waals surface area contributed by atoms with Crippen LogP contribution in [0.2, 0.25) is 0 Å². The van der Waals surface area contributed by atoms with Gasteiger partial charge in [-0.25, -0.2) is 0 Å². The van der Waals surface area contributed by atoms with Gasteiger partial charge in [0.1, 0.15) is 5.97 Å². The lowest BCUT2D eigenvalue weighted by Crippen LogP contribution is -2.39. The molecule has 1 aromatic rings. The first kappa shape index (κ1) is 15.1. The Hall–Kier alpha value is -1.97. The fraction of sp³-hybridized carbons (Fsp3) is 0.400. The zero-order valence-electron chi connectivity index (χ0n) is 11.6. The van der Waals surface area contributed by atoms with Crippen LogP contribution in [0.3, 0.4) is 0 Å². The Morgan fingerprint density at radius 1 is 1.11 bits per heavy atom. The number of hydrogen-bond acceptors (Lipinski definition) is 4. The second-order valence-electron chi connectivity index (χ2n) is 4.75. The standard InChI is InChI=1S/C15H18O4/c1-5-11(14(17)15(18)19)13(16)12-9(3)6-8(2)7-10(12)4/h6-7,11H,5H2,1-4H3,(H,18,19)/p-1. The lowest BCUT2D eigenvalue weighted by molar-refractivity contribution is -0.300. The van der Waals surface area contributed by atoms with Crippen molar-refractivity contribution in [1.82, 2.24) is 0 Å². The Morgan fingerprint density at radius 3 is 1.95 bits per heavy atom. The van der Waals surface area contributed by atoms with E-state index in [-0.39, 0.29) is 6.42 Å². The summed E-state index contributed by atoms with van der Waals surface area (Å²) in [5, 5.41) is 10.6. The molecule has 1 aromatic carbocycles. The van der Waals surface area contributed by atoms with Crippen molar-refractivity contribution in [2.24, 2.45) is 5.92 Å². The van der Waals surface area contributed by atoms with E-state index in [0.717, 1.165) is 16.7 Å². The first-order valence-corrected chi connectivity index (χ1v) is 6.16. The molecule has 0 fully saturated rings. The zero-order valence-corrected chi connectivity index (χ0v) is 11.6. The van der Waals surface area contributed by atoms with Crippen molar-refractivity contribution in [3.05, 3.63) is 34.4 Å². The third kappa shape index (κ3) is 3.08. The van der Waals surface area contributed by atoms with Gasteiger partial charge in [-0.15, -0.1) is 0 Å². The highest BCUT2D eigenvalue weighted by molar-refractivity contribution is 6.38. The van der Waals surface area contributed by atoms with E-state index in [9.17, 15) is 19.5 Å². The molecule has 0 aromatic heterocycles. The van der Waals surface area contributed by atoms with Crippen LogP contribution >= 0.6 is 0 Å². The minimum Gasteiger partial charge on any atom is -0.542 e. The molecule has 0 N–H and O–H groups in total. The van der Waals surface area contributed by atoms with Crippen molar-refractivity contribution < 1.29 is 19.5 Å². The summed E-state index contributed by atoms with van der Waals surface area (Å²) in [4.78, 5) is 34.5. The number of carbonyl (C=O) groups is 3. The molecule has 0 heterocycles. The molecule has 0 amide bonds. The van der Waals surface area contributed by atoms with E-state index in [1.807, 2.05) is 19.1 Å². The first-order valence-electron chi connectivity index (χ1n) is 6.16. The highest BCUT2D eigenvalue weighted by Crippen LogP contribution is 2.22. The molecule has 4 nitrogen and oxygen atoms in total. The van der Waals surface area contributed by atoms with Crippen LogP contribution in [0.5, 0.6) is 0 Å². The van der Waals surface area contributed by atoms with Gasteiger partial charge in [-0.2, -0.15) is 0 Å². The summed E-state index contributed by atoms with van der Waals surface area (Å²) in [6.45, 7) is 7.09. The van der Waals surface area contributed by atoms with E-state index in [2.05, 4.69) is 0 Å². The Morgan fingerprint density at radius 2 is 1.58 bits per heavy atom. The van der Waals surface area contributed by atoms with E-state index in [1.165, 1.54) is 0 Å². The van der Waals surface area contributed by atoms with Crippen LogP contribution in [0, 0.1) is 26.7 Å². The highest BCUT2D eigenvalue weighted by atomic mass is 16.4.